The SMILES string of the molecule is CCCCOP(=O)(OCCCC)C(N)CCCN. The van der Waals surface area contributed by atoms with Gasteiger partial charge < -0.3 is 20.5 Å². The Labute approximate surface area is 111 Å². The number of rotatable bonds is 12. The molecule has 0 aromatic rings. The van der Waals surface area contributed by atoms with Gasteiger partial charge in [-0.05, 0) is 32.2 Å². The van der Waals surface area contributed by atoms with Gasteiger partial charge in [-0.3, -0.25) is 4.57 Å². The molecular formula is C12H29N2O3P. The first-order valence-corrected chi connectivity index (χ1v) is 8.56. The summed E-state index contributed by atoms with van der Waals surface area (Å²) in [5.41, 5.74) is 11.4. The van der Waals surface area contributed by atoms with Crippen LogP contribution in [0.15, 0.2) is 0 Å². The predicted octanol–water partition coefficient (Wildman–Crippen LogP) is 2.84. The smallest absolute Gasteiger partial charge is 0.330 e. The Morgan fingerprint density at radius 1 is 1.06 bits per heavy atom. The zero-order valence-electron chi connectivity index (χ0n) is 11.8. The van der Waals surface area contributed by atoms with E-state index in [1.54, 1.807) is 0 Å². The molecule has 0 aliphatic heterocycles. The second-order valence-corrected chi connectivity index (χ2v) is 6.67. The fraction of sp³-hybridized carbons (Fsp3) is 1.00. The van der Waals surface area contributed by atoms with Gasteiger partial charge in [0.25, 0.3) is 0 Å². The van der Waals surface area contributed by atoms with Gasteiger partial charge in [0.05, 0.1) is 13.2 Å². The molecule has 1 atom stereocenters. The van der Waals surface area contributed by atoms with E-state index in [0.717, 1.165) is 32.1 Å². The van der Waals surface area contributed by atoms with E-state index in [1.165, 1.54) is 0 Å². The lowest BCUT2D eigenvalue weighted by atomic mass is 10.3. The van der Waals surface area contributed by atoms with E-state index in [9.17, 15) is 4.57 Å². The normalized spacial score (nSPS) is 13.8. The molecule has 0 aliphatic carbocycles. The summed E-state index contributed by atoms with van der Waals surface area (Å²) in [6.07, 6.45) is 5.03. The van der Waals surface area contributed by atoms with Crippen molar-refractivity contribution < 1.29 is 13.6 Å². The van der Waals surface area contributed by atoms with E-state index in [0.29, 0.717) is 26.2 Å². The van der Waals surface area contributed by atoms with Gasteiger partial charge in [-0.15, -0.1) is 0 Å². The highest BCUT2D eigenvalue weighted by Gasteiger charge is 2.32. The molecule has 5 nitrogen and oxygen atoms in total. The van der Waals surface area contributed by atoms with Gasteiger partial charge in [0.15, 0.2) is 0 Å². The molecular weight excluding hydrogens is 251 g/mol. The Kier molecular flexibility index (Phi) is 11.0. The average Bonchev–Trinajstić information content (AvgIpc) is 2.36. The van der Waals surface area contributed by atoms with Crippen molar-refractivity contribution in [3.05, 3.63) is 0 Å². The molecule has 0 fully saturated rings. The van der Waals surface area contributed by atoms with Crippen molar-refractivity contribution in [2.24, 2.45) is 11.5 Å². The maximum Gasteiger partial charge on any atom is 0.347 e. The molecule has 0 saturated heterocycles. The van der Waals surface area contributed by atoms with Crippen LogP contribution in [0.4, 0.5) is 0 Å². The summed E-state index contributed by atoms with van der Waals surface area (Å²) in [4.78, 5) is 0. The zero-order valence-corrected chi connectivity index (χ0v) is 12.7. The molecule has 0 rings (SSSR count). The molecule has 0 saturated carbocycles. The van der Waals surface area contributed by atoms with E-state index in [2.05, 4.69) is 13.8 Å². The topological polar surface area (TPSA) is 87.6 Å². The lowest BCUT2D eigenvalue weighted by molar-refractivity contribution is 0.191. The minimum Gasteiger partial charge on any atom is -0.330 e. The molecule has 0 radical (unpaired) electrons. The Bertz CT molecular complexity index is 225. The summed E-state index contributed by atoms with van der Waals surface area (Å²) in [5.74, 6) is -0.560. The van der Waals surface area contributed by atoms with E-state index in [1.807, 2.05) is 0 Å². The van der Waals surface area contributed by atoms with Crippen molar-refractivity contribution in [1.82, 2.24) is 0 Å². The van der Waals surface area contributed by atoms with E-state index in [-0.39, 0.29) is 0 Å². The molecule has 0 amide bonds. The van der Waals surface area contributed by atoms with Crippen LogP contribution in [-0.4, -0.2) is 25.5 Å². The predicted molar refractivity (Wildman–Crippen MR) is 75.6 cm³/mol. The van der Waals surface area contributed by atoms with Crippen molar-refractivity contribution in [2.75, 3.05) is 19.8 Å². The van der Waals surface area contributed by atoms with Crippen LogP contribution in [-0.2, 0) is 13.6 Å². The van der Waals surface area contributed by atoms with Crippen LogP contribution in [0, 0.1) is 0 Å². The minimum absolute atomic E-state index is 0.441. The minimum atomic E-state index is -3.18. The molecule has 0 bridgehead atoms. The van der Waals surface area contributed by atoms with Crippen molar-refractivity contribution in [2.45, 2.75) is 58.2 Å². The first-order chi connectivity index (χ1) is 8.60. The standard InChI is InChI=1S/C12H29N2O3P/c1-3-5-10-16-18(15,17-11-6-4-2)12(14)8-7-9-13/h12H,3-11,13-14H2,1-2H3. The fourth-order valence-electron chi connectivity index (χ4n) is 1.39. The first-order valence-electron chi connectivity index (χ1n) is 6.95. The van der Waals surface area contributed by atoms with Gasteiger partial charge >= 0.3 is 7.60 Å². The monoisotopic (exact) mass is 280 g/mol. The molecule has 4 N–H and O–H groups in total. The van der Waals surface area contributed by atoms with E-state index in [4.69, 9.17) is 20.5 Å². The molecule has 1 unspecified atom stereocenters. The molecule has 0 heterocycles. The third-order valence-electron chi connectivity index (χ3n) is 2.65. The average molecular weight is 280 g/mol. The van der Waals surface area contributed by atoms with Crippen molar-refractivity contribution in [3.8, 4) is 0 Å². The Morgan fingerprint density at radius 2 is 1.56 bits per heavy atom. The largest absolute Gasteiger partial charge is 0.347 e. The third kappa shape index (κ3) is 7.49. The maximum atomic E-state index is 12.6. The van der Waals surface area contributed by atoms with Crippen molar-refractivity contribution >= 4 is 7.60 Å². The van der Waals surface area contributed by atoms with Crippen molar-refractivity contribution in [3.63, 3.8) is 0 Å². The third-order valence-corrected chi connectivity index (χ3v) is 4.80. The molecule has 0 aromatic carbocycles. The van der Waals surface area contributed by atoms with Gasteiger partial charge in [0, 0.05) is 0 Å². The number of hydrogen-bond acceptors (Lipinski definition) is 5. The molecule has 18 heavy (non-hydrogen) atoms. The number of hydrogen-bond donors (Lipinski definition) is 2. The lowest BCUT2D eigenvalue weighted by Gasteiger charge is -2.24. The summed E-state index contributed by atoms with van der Waals surface area (Å²) < 4.78 is 23.4. The van der Waals surface area contributed by atoms with Gasteiger partial charge in [-0.25, -0.2) is 0 Å². The van der Waals surface area contributed by atoms with Gasteiger partial charge in [0.1, 0.15) is 5.78 Å². The first kappa shape index (κ1) is 18.1. The summed E-state index contributed by atoms with van der Waals surface area (Å²) in [6.45, 7) is 5.53. The Morgan fingerprint density at radius 3 is 1.94 bits per heavy atom. The highest BCUT2D eigenvalue weighted by Crippen LogP contribution is 2.52. The van der Waals surface area contributed by atoms with Crippen LogP contribution in [0.3, 0.4) is 0 Å². The molecule has 6 heteroatoms. The molecule has 110 valence electrons. The van der Waals surface area contributed by atoms with Crippen LogP contribution in [0.25, 0.3) is 0 Å². The van der Waals surface area contributed by atoms with Gasteiger partial charge in [-0.2, -0.15) is 0 Å². The maximum absolute atomic E-state index is 12.6. The summed E-state index contributed by atoms with van der Waals surface area (Å²) >= 11 is 0. The van der Waals surface area contributed by atoms with Crippen LogP contribution in [0.2, 0.25) is 0 Å². The highest BCUT2D eigenvalue weighted by atomic mass is 31.2. The van der Waals surface area contributed by atoms with E-state index < -0.39 is 13.4 Å². The van der Waals surface area contributed by atoms with Crippen LogP contribution >= 0.6 is 7.60 Å². The molecule has 0 aromatic heterocycles. The van der Waals surface area contributed by atoms with Gasteiger partial charge in [0.2, 0.25) is 0 Å². The number of nitrogens with two attached hydrogens (primary N) is 2. The van der Waals surface area contributed by atoms with Crippen molar-refractivity contribution in [1.29, 1.82) is 0 Å². The lowest BCUT2D eigenvalue weighted by Crippen LogP contribution is -2.24. The van der Waals surface area contributed by atoms with E-state index >= 15 is 0 Å². The second kappa shape index (κ2) is 10.9. The quantitative estimate of drug-likeness (QED) is 0.424. The summed E-state index contributed by atoms with van der Waals surface area (Å²) in [7, 11) is -3.18. The van der Waals surface area contributed by atoms with Crippen LogP contribution < -0.4 is 11.5 Å². The Balaban J connectivity index is 4.32. The molecule has 0 aliphatic rings. The van der Waals surface area contributed by atoms with Gasteiger partial charge in [-0.1, -0.05) is 26.7 Å². The second-order valence-electron chi connectivity index (χ2n) is 4.41. The fourth-order valence-corrected chi connectivity index (χ4v) is 3.11. The summed E-state index contributed by atoms with van der Waals surface area (Å²) in [6, 6.07) is 0. The molecule has 0 spiro atoms. The van der Waals surface area contributed by atoms with Crippen LogP contribution in [0.5, 0.6) is 0 Å². The zero-order chi connectivity index (χ0) is 13.9. The Hall–Kier alpha value is 0.0700. The highest BCUT2D eigenvalue weighted by molar-refractivity contribution is 7.54. The number of unbranched alkanes of at least 4 members (excludes halogenated alkanes) is 2. The van der Waals surface area contributed by atoms with Crippen LogP contribution in [0.1, 0.15) is 52.4 Å². The summed E-state index contributed by atoms with van der Waals surface area (Å²) in [5, 5.41) is 0.